The average Bonchev–Trinajstić information content (AvgIpc) is 3.61. The molecule has 4 heterocycles. The van der Waals surface area contributed by atoms with Gasteiger partial charge in [-0.1, -0.05) is 31.4 Å². The van der Waals surface area contributed by atoms with Gasteiger partial charge in [-0.15, -0.1) is 11.3 Å². The van der Waals surface area contributed by atoms with Crippen molar-refractivity contribution >= 4 is 44.7 Å². The summed E-state index contributed by atoms with van der Waals surface area (Å²) in [6.45, 7) is 2.34. The normalized spacial score (nSPS) is 23.8. The molecular weight excluding hydrogens is 607 g/mol. The lowest BCUT2D eigenvalue weighted by Crippen LogP contribution is -2.60. The fourth-order valence-corrected chi connectivity index (χ4v) is 8.96. The molecule has 2 saturated heterocycles. The van der Waals surface area contributed by atoms with Crippen LogP contribution in [0.15, 0.2) is 53.6 Å². The Bertz CT molecular complexity index is 1650. The van der Waals surface area contributed by atoms with E-state index >= 15 is 0 Å². The highest BCUT2D eigenvalue weighted by Crippen LogP contribution is 2.42. The molecule has 6 rings (SSSR count). The van der Waals surface area contributed by atoms with Gasteiger partial charge in [0.2, 0.25) is 15.9 Å². The fourth-order valence-electron chi connectivity index (χ4n) is 6.61. The van der Waals surface area contributed by atoms with Gasteiger partial charge in [0.25, 0.3) is 0 Å². The summed E-state index contributed by atoms with van der Waals surface area (Å²) in [5.74, 6) is -1.54. The largest absolute Gasteiger partial charge is 0.477 e. The number of piperazine rings is 1. The van der Waals surface area contributed by atoms with Crippen LogP contribution in [0.2, 0.25) is 0 Å². The molecule has 10 nitrogen and oxygen atoms in total. The summed E-state index contributed by atoms with van der Waals surface area (Å²) in [4.78, 5) is 34.6. The number of hydrogen-bond acceptors (Lipinski definition) is 8. The second-order valence-electron chi connectivity index (χ2n) is 12.2. The summed E-state index contributed by atoms with van der Waals surface area (Å²) in [6.07, 6.45) is 6.42. The van der Waals surface area contributed by atoms with Crippen LogP contribution in [0.4, 0.5) is 15.9 Å². The number of carboxylic acids is 1. The zero-order valence-corrected chi connectivity index (χ0v) is 26.0. The number of carbonyl (C=O) groups is 2. The number of β-amino-alcohol motifs (C(OH)–C–C–N with tert-alkyl or cyclic N) is 1. The van der Waals surface area contributed by atoms with E-state index in [1.54, 1.807) is 31.2 Å². The molecule has 234 valence electrons. The van der Waals surface area contributed by atoms with E-state index in [1.807, 2.05) is 4.90 Å². The number of hydrogen-bond donors (Lipinski definition) is 2. The Hall–Kier alpha value is -3.39. The van der Waals surface area contributed by atoms with E-state index in [1.165, 1.54) is 33.6 Å². The predicted octanol–water partition coefficient (Wildman–Crippen LogP) is 4.59. The van der Waals surface area contributed by atoms with Gasteiger partial charge in [-0.25, -0.2) is 22.6 Å². The number of nitrogens with zero attached hydrogens (tertiary/aromatic N) is 4. The van der Waals surface area contributed by atoms with Crippen molar-refractivity contribution in [2.75, 3.05) is 36.0 Å². The first-order chi connectivity index (χ1) is 20.9. The molecule has 2 aliphatic heterocycles. The SMILES string of the molecule is CC1(O)CCN(c2ccc(S(=O)(=O)N3CC(=O)N(c4cc(-c5ccc(F)cc5)sc4C(=O)O)[C@H](C4CCCCC4)C3)cn2)C1. The minimum Gasteiger partial charge on any atom is -0.477 e. The highest BCUT2D eigenvalue weighted by molar-refractivity contribution is 7.89. The van der Waals surface area contributed by atoms with Crippen LogP contribution in [0.1, 0.15) is 55.1 Å². The fraction of sp³-hybridized carbons (Fsp3) is 0.452. The molecule has 1 aliphatic carbocycles. The van der Waals surface area contributed by atoms with Crippen LogP contribution in [-0.2, 0) is 14.8 Å². The van der Waals surface area contributed by atoms with Gasteiger partial charge in [0, 0.05) is 30.7 Å². The molecule has 44 heavy (non-hydrogen) atoms. The van der Waals surface area contributed by atoms with Crippen molar-refractivity contribution in [2.24, 2.45) is 5.92 Å². The van der Waals surface area contributed by atoms with E-state index in [0.29, 0.717) is 35.8 Å². The molecule has 0 bridgehead atoms. The molecule has 1 unspecified atom stereocenters. The van der Waals surface area contributed by atoms with E-state index in [-0.39, 0.29) is 27.9 Å². The molecule has 2 N–H and O–H groups in total. The van der Waals surface area contributed by atoms with Gasteiger partial charge in [-0.3, -0.25) is 4.79 Å². The highest BCUT2D eigenvalue weighted by atomic mass is 32.2. The van der Waals surface area contributed by atoms with E-state index < -0.39 is 45.9 Å². The van der Waals surface area contributed by atoms with Crippen LogP contribution in [-0.4, -0.2) is 77.6 Å². The van der Waals surface area contributed by atoms with Crippen LogP contribution >= 0.6 is 11.3 Å². The topological polar surface area (TPSA) is 131 Å². The number of anilines is 2. The van der Waals surface area contributed by atoms with Crippen LogP contribution in [0.3, 0.4) is 0 Å². The van der Waals surface area contributed by atoms with Crippen LogP contribution in [0.5, 0.6) is 0 Å². The Morgan fingerprint density at radius 3 is 2.45 bits per heavy atom. The second kappa shape index (κ2) is 11.8. The Morgan fingerprint density at radius 1 is 1.11 bits per heavy atom. The van der Waals surface area contributed by atoms with E-state index in [9.17, 15) is 32.6 Å². The number of thiophene rings is 1. The number of carbonyl (C=O) groups excluding carboxylic acids is 1. The molecule has 3 fully saturated rings. The van der Waals surface area contributed by atoms with E-state index in [4.69, 9.17) is 0 Å². The molecule has 3 aliphatic rings. The third kappa shape index (κ3) is 5.97. The summed E-state index contributed by atoms with van der Waals surface area (Å²) in [6, 6.07) is 9.91. The molecular formula is C31H35FN4O6S2. The van der Waals surface area contributed by atoms with Gasteiger partial charge in [-0.05, 0) is 68.0 Å². The number of carboxylic acid groups (broad SMARTS) is 1. The van der Waals surface area contributed by atoms with Crippen molar-refractivity contribution in [1.29, 1.82) is 0 Å². The van der Waals surface area contributed by atoms with Gasteiger partial charge in [-0.2, -0.15) is 4.31 Å². The molecule has 1 saturated carbocycles. The molecule has 2 atom stereocenters. The number of rotatable bonds is 7. The van der Waals surface area contributed by atoms with Crippen molar-refractivity contribution < 1.29 is 32.6 Å². The molecule has 2 aromatic heterocycles. The molecule has 0 radical (unpaired) electrons. The standard InChI is InChI=1S/C31H35FN4O6S2/c1-31(40)13-14-34(19-31)27-12-11-23(16-33-27)44(41,42)35-17-25(20-5-3-2-4-6-20)36(28(37)18-35)24-15-26(43-29(24)30(38)39)21-7-9-22(32)10-8-21/h7-12,15-16,20,25,40H,2-6,13-14,17-19H2,1H3,(H,38,39)/t25-,31?/m0/s1. The van der Waals surface area contributed by atoms with Gasteiger partial charge in [0.15, 0.2) is 0 Å². The van der Waals surface area contributed by atoms with Crippen LogP contribution in [0, 0.1) is 11.7 Å². The minimum absolute atomic E-state index is 0.00928. The number of benzene rings is 1. The Labute approximate surface area is 259 Å². The molecule has 3 aromatic rings. The lowest BCUT2D eigenvalue weighted by Gasteiger charge is -2.44. The summed E-state index contributed by atoms with van der Waals surface area (Å²) in [5.41, 5.74) is 0.0389. The van der Waals surface area contributed by atoms with Crippen LogP contribution in [0.25, 0.3) is 10.4 Å². The second-order valence-corrected chi connectivity index (χ2v) is 15.2. The third-order valence-electron chi connectivity index (χ3n) is 8.93. The number of aliphatic hydroxyl groups is 1. The number of amides is 1. The summed E-state index contributed by atoms with van der Waals surface area (Å²) in [5, 5.41) is 20.4. The number of pyridine rings is 1. The zero-order chi connectivity index (χ0) is 31.2. The van der Waals surface area contributed by atoms with E-state index in [0.717, 1.165) is 43.4 Å². The van der Waals surface area contributed by atoms with Gasteiger partial charge >= 0.3 is 5.97 Å². The van der Waals surface area contributed by atoms with Gasteiger partial charge in [0.1, 0.15) is 21.4 Å². The van der Waals surface area contributed by atoms with Crippen molar-refractivity contribution in [1.82, 2.24) is 9.29 Å². The van der Waals surface area contributed by atoms with Crippen molar-refractivity contribution in [3.63, 3.8) is 0 Å². The van der Waals surface area contributed by atoms with E-state index in [2.05, 4.69) is 4.98 Å². The quantitative estimate of drug-likeness (QED) is 0.383. The van der Waals surface area contributed by atoms with Crippen molar-refractivity contribution in [2.45, 2.75) is 62.0 Å². The molecule has 0 spiro atoms. The minimum atomic E-state index is -4.10. The Balaban J connectivity index is 1.32. The predicted molar refractivity (Wildman–Crippen MR) is 165 cm³/mol. The maximum absolute atomic E-state index is 13.9. The lowest BCUT2D eigenvalue weighted by molar-refractivity contribution is -0.121. The van der Waals surface area contributed by atoms with Crippen molar-refractivity contribution in [3.05, 3.63) is 59.4 Å². The number of halogens is 1. The summed E-state index contributed by atoms with van der Waals surface area (Å²) >= 11 is 1.01. The van der Waals surface area contributed by atoms with Crippen LogP contribution < -0.4 is 9.80 Å². The maximum Gasteiger partial charge on any atom is 0.348 e. The third-order valence-corrected chi connectivity index (χ3v) is 11.9. The van der Waals surface area contributed by atoms with Gasteiger partial charge in [0.05, 0.1) is 23.9 Å². The maximum atomic E-state index is 13.9. The molecule has 1 amide bonds. The van der Waals surface area contributed by atoms with Crippen molar-refractivity contribution in [3.8, 4) is 10.4 Å². The lowest BCUT2D eigenvalue weighted by atomic mass is 9.82. The number of aromatic nitrogens is 1. The highest BCUT2D eigenvalue weighted by Gasteiger charge is 2.44. The number of sulfonamides is 1. The average molecular weight is 643 g/mol. The Morgan fingerprint density at radius 2 is 1.84 bits per heavy atom. The summed E-state index contributed by atoms with van der Waals surface area (Å²) in [7, 11) is -4.10. The first-order valence-electron chi connectivity index (χ1n) is 14.8. The van der Waals surface area contributed by atoms with Gasteiger partial charge < -0.3 is 20.0 Å². The molecule has 1 aromatic carbocycles. The first-order valence-corrected chi connectivity index (χ1v) is 17.1. The first kappa shape index (κ1) is 30.6. The monoisotopic (exact) mass is 642 g/mol. The number of aromatic carboxylic acids is 1. The Kier molecular flexibility index (Phi) is 8.24. The molecule has 13 heteroatoms. The summed E-state index contributed by atoms with van der Waals surface area (Å²) < 4.78 is 42.5. The zero-order valence-electron chi connectivity index (χ0n) is 24.4. The smallest absolute Gasteiger partial charge is 0.348 e.